The summed E-state index contributed by atoms with van der Waals surface area (Å²) >= 11 is 0. The molecule has 1 amide bonds. The van der Waals surface area contributed by atoms with E-state index in [1.807, 2.05) is 53.4 Å². The average molecular weight is 465 g/mol. The first kappa shape index (κ1) is 22.2. The van der Waals surface area contributed by atoms with E-state index in [1.54, 1.807) is 30.2 Å². The highest BCUT2D eigenvalue weighted by Gasteiger charge is 2.21. The largest absolute Gasteiger partial charge is 0.508 e. The zero-order chi connectivity index (χ0) is 24.2. The Morgan fingerprint density at radius 3 is 2.71 bits per heavy atom. The van der Waals surface area contributed by atoms with E-state index < -0.39 is 0 Å². The maximum absolute atomic E-state index is 11.9. The number of benzene rings is 3. The van der Waals surface area contributed by atoms with Gasteiger partial charge < -0.3 is 14.7 Å². The van der Waals surface area contributed by atoms with E-state index in [0.29, 0.717) is 24.5 Å². The maximum Gasteiger partial charge on any atom is 0.223 e. The highest BCUT2D eigenvalue weighted by Crippen LogP contribution is 2.42. The molecule has 7 nitrogen and oxygen atoms in total. The summed E-state index contributed by atoms with van der Waals surface area (Å²) in [6, 6.07) is 20.6. The van der Waals surface area contributed by atoms with Crippen molar-refractivity contribution in [1.82, 2.24) is 14.9 Å². The van der Waals surface area contributed by atoms with Crippen LogP contribution in [-0.4, -0.2) is 46.1 Å². The number of hydrogen-bond acceptors (Lipinski definition) is 6. The number of aromatic nitrogens is 2. The second-order valence-electron chi connectivity index (χ2n) is 8.18. The number of methoxy groups -OCH3 is 1. The van der Waals surface area contributed by atoms with E-state index in [-0.39, 0.29) is 11.7 Å². The molecule has 0 spiro atoms. The van der Waals surface area contributed by atoms with Gasteiger partial charge in [0.1, 0.15) is 23.6 Å². The molecule has 0 atom stereocenters. The predicted molar refractivity (Wildman–Crippen MR) is 135 cm³/mol. The quantitative estimate of drug-likeness (QED) is 0.428. The Balaban J connectivity index is 1.61. The van der Waals surface area contributed by atoms with Crippen molar-refractivity contribution in [1.29, 1.82) is 0 Å². The predicted octanol–water partition coefficient (Wildman–Crippen LogP) is 4.79. The van der Waals surface area contributed by atoms with E-state index in [9.17, 15) is 9.90 Å². The van der Waals surface area contributed by atoms with Crippen molar-refractivity contribution in [3.8, 4) is 23.3 Å². The highest BCUT2D eigenvalue weighted by molar-refractivity contribution is 5.96. The lowest BCUT2D eigenvalue weighted by Crippen LogP contribution is -2.24. The number of hydrogen-bond donors (Lipinski definition) is 1. The number of anilines is 3. The number of amides is 1. The van der Waals surface area contributed by atoms with Crippen LogP contribution in [0.4, 0.5) is 17.2 Å². The average Bonchev–Trinajstić information content (AvgIpc) is 3.30. The minimum Gasteiger partial charge on any atom is -0.508 e. The highest BCUT2D eigenvalue weighted by atomic mass is 16.5. The number of para-hydroxylation sites is 1. The van der Waals surface area contributed by atoms with Gasteiger partial charge in [-0.2, -0.15) is 0 Å². The summed E-state index contributed by atoms with van der Waals surface area (Å²) in [7, 11) is 1.57. The summed E-state index contributed by atoms with van der Waals surface area (Å²) in [6.07, 6.45) is 3.03. The number of rotatable bonds is 5. The van der Waals surface area contributed by atoms with Gasteiger partial charge in [-0.15, -0.1) is 0 Å². The molecule has 0 saturated carbocycles. The molecular formula is C28H24N4O3. The van der Waals surface area contributed by atoms with Crippen LogP contribution in [0.15, 0.2) is 73.1 Å². The van der Waals surface area contributed by atoms with Gasteiger partial charge in [0.15, 0.2) is 0 Å². The first-order valence-electron chi connectivity index (χ1n) is 11.4. The molecule has 1 aromatic heterocycles. The van der Waals surface area contributed by atoms with E-state index in [1.165, 1.54) is 6.33 Å². The van der Waals surface area contributed by atoms with E-state index in [4.69, 9.17) is 4.74 Å². The summed E-state index contributed by atoms with van der Waals surface area (Å²) in [5.74, 6) is 7.75. The molecule has 7 heteroatoms. The Labute approximate surface area is 203 Å². The van der Waals surface area contributed by atoms with Crippen LogP contribution in [0.5, 0.6) is 11.5 Å². The first-order valence-corrected chi connectivity index (χ1v) is 11.4. The van der Waals surface area contributed by atoms with Gasteiger partial charge in [0.05, 0.1) is 24.9 Å². The van der Waals surface area contributed by atoms with Crippen molar-refractivity contribution < 1.29 is 14.6 Å². The fourth-order valence-corrected chi connectivity index (χ4v) is 4.21. The monoisotopic (exact) mass is 464 g/mol. The van der Waals surface area contributed by atoms with Gasteiger partial charge in [0, 0.05) is 35.7 Å². The minimum absolute atomic E-state index is 0.111. The lowest BCUT2D eigenvalue weighted by Gasteiger charge is -2.26. The summed E-state index contributed by atoms with van der Waals surface area (Å²) in [5, 5.41) is 10.8. The van der Waals surface area contributed by atoms with Gasteiger partial charge in [-0.3, -0.25) is 9.69 Å². The standard InChI is InChI=1S/C28H24N4O3/c1-35-26-18-22(33)12-14-25(26)32(21-8-3-2-4-9-21)28-23-17-20(11-13-24(23)29-19-30-28)7-5-15-31-16-6-10-27(31)34/h2-4,8-9,11-14,17-19,33H,6,10,15-16H2,1H3. The SMILES string of the molecule is COc1cc(O)ccc1N(c1ccccc1)c1ncnc2ccc(C#CCN3CCCC3=O)cc12. The lowest BCUT2D eigenvalue weighted by molar-refractivity contribution is -0.127. The number of likely N-dealkylation sites (tertiary alicyclic amines) is 1. The Morgan fingerprint density at radius 1 is 1.09 bits per heavy atom. The number of carbonyl (C=O) groups excluding carboxylic acids is 1. The molecule has 1 saturated heterocycles. The number of nitrogens with zero attached hydrogens (tertiary/aromatic N) is 4. The fraction of sp³-hybridized carbons (Fsp3) is 0.179. The molecular weight excluding hydrogens is 440 g/mol. The van der Waals surface area contributed by atoms with Crippen LogP contribution in [0.2, 0.25) is 0 Å². The van der Waals surface area contributed by atoms with Crippen LogP contribution < -0.4 is 9.64 Å². The number of phenols is 1. The van der Waals surface area contributed by atoms with Gasteiger partial charge in [0.25, 0.3) is 0 Å². The first-order chi connectivity index (χ1) is 17.1. The van der Waals surface area contributed by atoms with Crippen molar-refractivity contribution in [2.45, 2.75) is 12.8 Å². The third kappa shape index (κ3) is 4.59. The molecule has 1 aliphatic rings. The summed E-state index contributed by atoms with van der Waals surface area (Å²) in [6.45, 7) is 1.19. The molecule has 0 unspecified atom stereocenters. The van der Waals surface area contributed by atoms with Crippen LogP contribution in [0.3, 0.4) is 0 Å². The third-order valence-corrected chi connectivity index (χ3v) is 5.92. The second kappa shape index (κ2) is 9.74. The molecule has 3 aromatic carbocycles. The van der Waals surface area contributed by atoms with Crippen molar-refractivity contribution >= 4 is 34.0 Å². The van der Waals surface area contributed by atoms with Crippen LogP contribution in [0.1, 0.15) is 18.4 Å². The minimum atomic E-state index is 0.111. The van der Waals surface area contributed by atoms with Gasteiger partial charge in [-0.1, -0.05) is 30.0 Å². The van der Waals surface area contributed by atoms with Crippen molar-refractivity contribution in [3.05, 3.63) is 78.6 Å². The fourth-order valence-electron chi connectivity index (χ4n) is 4.21. The maximum atomic E-state index is 11.9. The molecule has 0 aliphatic carbocycles. The van der Waals surface area contributed by atoms with Gasteiger partial charge in [-0.05, 0) is 48.9 Å². The van der Waals surface area contributed by atoms with Crippen molar-refractivity contribution in [3.63, 3.8) is 0 Å². The Morgan fingerprint density at radius 2 is 1.94 bits per heavy atom. The Hall–Kier alpha value is -4.57. The number of carbonyl (C=O) groups is 1. The molecule has 0 bridgehead atoms. The van der Waals surface area contributed by atoms with Gasteiger partial charge >= 0.3 is 0 Å². The molecule has 1 aliphatic heterocycles. The number of fused-ring (bicyclic) bond motifs is 1. The topological polar surface area (TPSA) is 78.8 Å². The summed E-state index contributed by atoms with van der Waals surface area (Å²) in [5.41, 5.74) is 3.18. The van der Waals surface area contributed by atoms with E-state index in [0.717, 1.165) is 40.8 Å². The Kier molecular flexibility index (Phi) is 6.18. The lowest BCUT2D eigenvalue weighted by atomic mass is 10.1. The summed E-state index contributed by atoms with van der Waals surface area (Å²) < 4.78 is 5.60. The molecule has 174 valence electrons. The van der Waals surface area contributed by atoms with Crippen molar-refractivity contribution in [2.24, 2.45) is 0 Å². The second-order valence-corrected chi connectivity index (χ2v) is 8.18. The van der Waals surface area contributed by atoms with Gasteiger partial charge in [0.2, 0.25) is 5.91 Å². The van der Waals surface area contributed by atoms with Gasteiger partial charge in [-0.25, -0.2) is 9.97 Å². The smallest absolute Gasteiger partial charge is 0.223 e. The van der Waals surface area contributed by atoms with Crippen LogP contribution in [0.25, 0.3) is 10.9 Å². The molecule has 2 heterocycles. The number of aromatic hydroxyl groups is 1. The molecule has 4 aromatic rings. The Bertz CT molecular complexity index is 1440. The molecule has 1 fully saturated rings. The molecule has 5 rings (SSSR count). The molecule has 1 N–H and O–H groups in total. The van der Waals surface area contributed by atoms with Crippen LogP contribution in [-0.2, 0) is 4.79 Å². The number of phenolic OH excluding ortho intramolecular Hbond substituents is 1. The van der Waals surface area contributed by atoms with Crippen LogP contribution >= 0.6 is 0 Å². The third-order valence-electron chi connectivity index (χ3n) is 5.92. The van der Waals surface area contributed by atoms with E-state index in [2.05, 4.69) is 21.8 Å². The number of ether oxygens (including phenoxy) is 1. The molecule has 35 heavy (non-hydrogen) atoms. The van der Waals surface area contributed by atoms with E-state index >= 15 is 0 Å². The molecule has 0 radical (unpaired) electrons. The van der Waals surface area contributed by atoms with Crippen molar-refractivity contribution in [2.75, 3.05) is 25.1 Å². The summed E-state index contributed by atoms with van der Waals surface area (Å²) in [4.78, 5) is 24.7. The normalized spacial score (nSPS) is 12.9. The van der Waals surface area contributed by atoms with Crippen LogP contribution in [0, 0.1) is 11.8 Å². The zero-order valence-electron chi connectivity index (χ0n) is 19.3. The zero-order valence-corrected chi connectivity index (χ0v) is 19.3.